The summed E-state index contributed by atoms with van der Waals surface area (Å²) in [5, 5.41) is 7.69. The first-order chi connectivity index (χ1) is 9.20. The van der Waals surface area contributed by atoms with Crippen molar-refractivity contribution in [1.82, 2.24) is 20.1 Å². The Balaban J connectivity index is 2.14. The molecule has 0 fully saturated rings. The van der Waals surface area contributed by atoms with E-state index in [-0.39, 0.29) is 0 Å². The predicted molar refractivity (Wildman–Crippen MR) is 73.7 cm³/mol. The molecule has 0 aliphatic rings. The van der Waals surface area contributed by atoms with Gasteiger partial charge in [-0.1, -0.05) is 6.07 Å². The van der Waals surface area contributed by atoms with E-state index in [4.69, 9.17) is 4.42 Å². The number of fused-ring (bicyclic) bond motifs is 1. The highest BCUT2D eigenvalue weighted by Crippen LogP contribution is 2.28. The zero-order chi connectivity index (χ0) is 13.4. The second-order valence-corrected chi connectivity index (χ2v) is 4.61. The van der Waals surface area contributed by atoms with Gasteiger partial charge in [0.2, 0.25) is 0 Å². The van der Waals surface area contributed by atoms with Crippen molar-refractivity contribution in [2.24, 2.45) is 7.05 Å². The van der Waals surface area contributed by atoms with Crippen LogP contribution in [-0.4, -0.2) is 21.8 Å². The van der Waals surface area contributed by atoms with Gasteiger partial charge in [-0.25, -0.2) is 4.98 Å². The molecule has 0 unspecified atom stereocenters. The molecular weight excluding hydrogens is 240 g/mol. The molecule has 0 radical (unpaired) electrons. The van der Waals surface area contributed by atoms with E-state index < -0.39 is 0 Å². The summed E-state index contributed by atoms with van der Waals surface area (Å²) in [6, 6.07) is 6.03. The van der Waals surface area contributed by atoms with Crippen LogP contribution < -0.4 is 5.32 Å². The molecule has 0 atom stereocenters. The highest BCUT2D eigenvalue weighted by Gasteiger charge is 2.14. The van der Waals surface area contributed by atoms with Gasteiger partial charge in [0.25, 0.3) is 0 Å². The van der Waals surface area contributed by atoms with Crippen LogP contribution in [0.5, 0.6) is 0 Å². The molecule has 0 spiro atoms. The number of hydrogen-bond donors (Lipinski definition) is 1. The smallest absolute Gasteiger partial charge is 0.181 e. The molecule has 0 amide bonds. The topological polar surface area (TPSA) is 55.9 Å². The summed E-state index contributed by atoms with van der Waals surface area (Å²) in [5.41, 5.74) is 6.14. The minimum atomic E-state index is 0.768. The van der Waals surface area contributed by atoms with Gasteiger partial charge >= 0.3 is 0 Å². The van der Waals surface area contributed by atoms with Crippen LogP contribution in [0.1, 0.15) is 11.3 Å². The SMILES string of the molecule is CNCc1nn(C)c(-c2ccc3ncoc3c2)c1C. The van der Waals surface area contributed by atoms with E-state index in [1.54, 1.807) is 0 Å². The Bertz CT molecular complexity index is 726. The zero-order valence-electron chi connectivity index (χ0n) is 11.3. The maximum atomic E-state index is 5.36. The molecule has 1 aromatic carbocycles. The van der Waals surface area contributed by atoms with E-state index in [1.807, 2.05) is 30.9 Å². The minimum absolute atomic E-state index is 0.768. The summed E-state index contributed by atoms with van der Waals surface area (Å²) in [7, 11) is 3.89. The van der Waals surface area contributed by atoms with Crippen LogP contribution in [0.2, 0.25) is 0 Å². The number of benzene rings is 1. The average molecular weight is 256 g/mol. The van der Waals surface area contributed by atoms with E-state index in [2.05, 4.69) is 28.4 Å². The van der Waals surface area contributed by atoms with Crippen molar-refractivity contribution in [3.8, 4) is 11.3 Å². The lowest BCUT2D eigenvalue weighted by Crippen LogP contribution is -2.06. The number of oxazole rings is 1. The van der Waals surface area contributed by atoms with E-state index in [9.17, 15) is 0 Å². The second kappa shape index (κ2) is 4.51. The van der Waals surface area contributed by atoms with Crippen LogP contribution in [-0.2, 0) is 13.6 Å². The monoisotopic (exact) mass is 256 g/mol. The maximum absolute atomic E-state index is 5.36. The molecule has 0 saturated heterocycles. The molecule has 3 rings (SSSR count). The first kappa shape index (κ1) is 11.9. The molecule has 5 nitrogen and oxygen atoms in total. The fraction of sp³-hybridized carbons (Fsp3) is 0.286. The molecule has 0 aliphatic carbocycles. The van der Waals surface area contributed by atoms with E-state index >= 15 is 0 Å². The van der Waals surface area contributed by atoms with Gasteiger partial charge in [0.1, 0.15) is 5.52 Å². The number of aryl methyl sites for hydroxylation is 1. The summed E-state index contributed by atoms with van der Waals surface area (Å²) in [4.78, 5) is 4.13. The molecule has 98 valence electrons. The van der Waals surface area contributed by atoms with Crippen molar-refractivity contribution in [2.45, 2.75) is 13.5 Å². The molecule has 1 N–H and O–H groups in total. The van der Waals surface area contributed by atoms with Crippen LogP contribution in [0, 0.1) is 6.92 Å². The Morgan fingerprint density at radius 1 is 1.37 bits per heavy atom. The lowest BCUT2D eigenvalue weighted by molar-refractivity contribution is 0.602. The van der Waals surface area contributed by atoms with Crippen molar-refractivity contribution in [3.05, 3.63) is 35.9 Å². The van der Waals surface area contributed by atoms with Crippen molar-refractivity contribution < 1.29 is 4.42 Å². The van der Waals surface area contributed by atoms with Gasteiger partial charge in [-0.05, 0) is 31.7 Å². The standard InChI is InChI=1S/C14H16N4O/c1-9-12(7-15-2)17-18(3)14(9)10-4-5-11-13(6-10)19-8-16-11/h4-6,8,15H,7H2,1-3H3. The molecule has 5 heteroatoms. The van der Waals surface area contributed by atoms with Gasteiger partial charge in [-0.15, -0.1) is 0 Å². The van der Waals surface area contributed by atoms with Gasteiger partial charge in [0.15, 0.2) is 12.0 Å². The quantitative estimate of drug-likeness (QED) is 0.781. The van der Waals surface area contributed by atoms with E-state index in [0.29, 0.717) is 0 Å². The van der Waals surface area contributed by atoms with Crippen molar-refractivity contribution in [3.63, 3.8) is 0 Å². The normalized spacial score (nSPS) is 11.3. The van der Waals surface area contributed by atoms with Crippen molar-refractivity contribution >= 4 is 11.1 Å². The van der Waals surface area contributed by atoms with Crippen LogP contribution in [0.4, 0.5) is 0 Å². The average Bonchev–Trinajstić information content (AvgIpc) is 2.95. The highest BCUT2D eigenvalue weighted by atomic mass is 16.3. The number of nitrogens with one attached hydrogen (secondary N) is 1. The van der Waals surface area contributed by atoms with E-state index in [1.165, 1.54) is 12.0 Å². The third-order valence-electron chi connectivity index (χ3n) is 3.33. The molecule has 0 aliphatic heterocycles. The molecule has 2 aromatic heterocycles. The first-order valence-corrected chi connectivity index (χ1v) is 6.21. The number of hydrogen-bond acceptors (Lipinski definition) is 4. The Morgan fingerprint density at radius 2 is 2.21 bits per heavy atom. The fourth-order valence-corrected chi connectivity index (χ4v) is 2.43. The molecule has 0 saturated carbocycles. The summed E-state index contributed by atoms with van der Waals surface area (Å²) >= 11 is 0. The third-order valence-corrected chi connectivity index (χ3v) is 3.33. The van der Waals surface area contributed by atoms with Gasteiger partial charge < -0.3 is 9.73 Å². The van der Waals surface area contributed by atoms with Gasteiger partial charge in [-0.3, -0.25) is 4.68 Å². The Kier molecular flexibility index (Phi) is 2.83. The third kappa shape index (κ3) is 1.92. The van der Waals surface area contributed by atoms with Crippen LogP contribution in [0.25, 0.3) is 22.4 Å². The molecule has 3 aromatic rings. The number of nitrogens with zero attached hydrogens (tertiary/aromatic N) is 3. The fourth-order valence-electron chi connectivity index (χ4n) is 2.43. The summed E-state index contributed by atoms with van der Waals surface area (Å²) in [6.45, 7) is 2.86. The first-order valence-electron chi connectivity index (χ1n) is 6.21. The predicted octanol–water partition coefficient (Wildman–Crippen LogP) is 2.26. The molecular formula is C14H16N4O. The van der Waals surface area contributed by atoms with Crippen LogP contribution in [0.15, 0.2) is 29.0 Å². The summed E-state index contributed by atoms with van der Waals surface area (Å²) in [5.74, 6) is 0. The van der Waals surface area contributed by atoms with Gasteiger partial charge in [0.05, 0.1) is 11.4 Å². The summed E-state index contributed by atoms with van der Waals surface area (Å²) in [6.07, 6.45) is 1.47. The Morgan fingerprint density at radius 3 is 3.00 bits per heavy atom. The lowest BCUT2D eigenvalue weighted by atomic mass is 10.1. The number of rotatable bonds is 3. The molecule has 0 bridgehead atoms. The largest absolute Gasteiger partial charge is 0.443 e. The summed E-state index contributed by atoms with van der Waals surface area (Å²) < 4.78 is 7.28. The van der Waals surface area contributed by atoms with Gasteiger partial charge in [0, 0.05) is 19.2 Å². The number of aromatic nitrogens is 3. The maximum Gasteiger partial charge on any atom is 0.181 e. The second-order valence-electron chi connectivity index (χ2n) is 4.61. The Labute approximate surface area is 111 Å². The van der Waals surface area contributed by atoms with Crippen LogP contribution in [0.3, 0.4) is 0 Å². The van der Waals surface area contributed by atoms with E-state index in [0.717, 1.165) is 34.6 Å². The van der Waals surface area contributed by atoms with Crippen molar-refractivity contribution in [2.75, 3.05) is 7.05 Å². The molecule has 19 heavy (non-hydrogen) atoms. The zero-order valence-corrected chi connectivity index (χ0v) is 11.3. The lowest BCUT2D eigenvalue weighted by Gasteiger charge is -2.03. The van der Waals surface area contributed by atoms with Crippen molar-refractivity contribution in [1.29, 1.82) is 0 Å². The van der Waals surface area contributed by atoms with Gasteiger partial charge in [-0.2, -0.15) is 5.10 Å². The highest BCUT2D eigenvalue weighted by molar-refractivity contribution is 5.80. The molecule has 2 heterocycles. The minimum Gasteiger partial charge on any atom is -0.443 e. The Hall–Kier alpha value is -2.14. The van der Waals surface area contributed by atoms with Crippen LogP contribution >= 0.6 is 0 Å².